The minimum absolute atomic E-state index is 0.107. The molecule has 0 aromatic heterocycles. The van der Waals surface area contributed by atoms with Gasteiger partial charge in [0.25, 0.3) is 0 Å². The predicted octanol–water partition coefficient (Wildman–Crippen LogP) is 2.11. The zero-order chi connectivity index (χ0) is 8.53. The van der Waals surface area contributed by atoms with Crippen molar-refractivity contribution in [2.45, 2.75) is 26.2 Å². The standard InChI is InChI=1S/C9H15O2/c1-3-5-6-7-8-9(10)11-4-2/h3,5H,1,4,6-8H2,2H3/b5-3+. The quantitative estimate of drug-likeness (QED) is 0.449. The van der Waals surface area contributed by atoms with Gasteiger partial charge in [-0.25, -0.2) is 0 Å². The Labute approximate surface area is 68.2 Å². The molecule has 1 radical (unpaired) electrons. The molecule has 2 heteroatoms. The van der Waals surface area contributed by atoms with Crippen LogP contribution in [0.15, 0.2) is 12.2 Å². The van der Waals surface area contributed by atoms with Gasteiger partial charge < -0.3 is 4.74 Å². The molecule has 0 amide bonds. The van der Waals surface area contributed by atoms with Crippen molar-refractivity contribution in [1.29, 1.82) is 0 Å². The van der Waals surface area contributed by atoms with E-state index in [4.69, 9.17) is 4.74 Å². The third-order valence-electron chi connectivity index (χ3n) is 1.22. The molecule has 0 aromatic carbocycles. The Morgan fingerprint density at radius 3 is 2.91 bits per heavy atom. The van der Waals surface area contributed by atoms with Gasteiger partial charge in [0.15, 0.2) is 0 Å². The second kappa shape index (κ2) is 7.32. The highest BCUT2D eigenvalue weighted by Gasteiger charge is 1.98. The van der Waals surface area contributed by atoms with E-state index in [2.05, 4.69) is 6.92 Å². The topological polar surface area (TPSA) is 26.3 Å². The minimum Gasteiger partial charge on any atom is -0.466 e. The van der Waals surface area contributed by atoms with Crippen molar-refractivity contribution >= 4 is 5.97 Å². The summed E-state index contributed by atoms with van der Waals surface area (Å²) in [6, 6.07) is 0. The summed E-state index contributed by atoms with van der Waals surface area (Å²) in [5.74, 6) is -0.107. The molecular formula is C9H15O2. The van der Waals surface area contributed by atoms with Gasteiger partial charge in [0.2, 0.25) is 0 Å². The first kappa shape index (κ1) is 10.2. The van der Waals surface area contributed by atoms with Crippen LogP contribution in [0, 0.1) is 6.92 Å². The monoisotopic (exact) mass is 155 g/mol. The van der Waals surface area contributed by atoms with E-state index in [0.717, 1.165) is 12.8 Å². The highest BCUT2D eigenvalue weighted by molar-refractivity contribution is 5.69. The summed E-state index contributed by atoms with van der Waals surface area (Å²) in [5.41, 5.74) is 0. The minimum atomic E-state index is -0.107. The number of hydrogen-bond donors (Lipinski definition) is 0. The highest BCUT2D eigenvalue weighted by atomic mass is 16.5. The van der Waals surface area contributed by atoms with Crippen LogP contribution in [0.5, 0.6) is 0 Å². The second-order valence-electron chi connectivity index (χ2n) is 2.17. The Kier molecular flexibility index (Phi) is 6.79. The van der Waals surface area contributed by atoms with E-state index in [1.54, 1.807) is 6.08 Å². The molecule has 0 saturated heterocycles. The largest absolute Gasteiger partial charge is 0.466 e. The smallest absolute Gasteiger partial charge is 0.305 e. The van der Waals surface area contributed by atoms with Crippen LogP contribution in [-0.4, -0.2) is 12.6 Å². The van der Waals surface area contributed by atoms with Crippen LogP contribution in [0.25, 0.3) is 0 Å². The van der Waals surface area contributed by atoms with Crippen LogP contribution in [0.3, 0.4) is 0 Å². The summed E-state index contributed by atoms with van der Waals surface area (Å²) in [6.45, 7) is 5.83. The lowest BCUT2D eigenvalue weighted by Gasteiger charge is -1.98. The number of rotatable bonds is 5. The second-order valence-corrected chi connectivity index (χ2v) is 2.17. The fraction of sp³-hybridized carbons (Fsp3) is 0.556. The summed E-state index contributed by atoms with van der Waals surface area (Å²) in [6.07, 6.45) is 5.95. The zero-order valence-electron chi connectivity index (χ0n) is 7.01. The molecule has 0 aliphatic carbocycles. The highest BCUT2D eigenvalue weighted by Crippen LogP contribution is 1.98. The van der Waals surface area contributed by atoms with Gasteiger partial charge >= 0.3 is 5.97 Å². The van der Waals surface area contributed by atoms with Crippen molar-refractivity contribution in [3.05, 3.63) is 19.1 Å². The van der Waals surface area contributed by atoms with Crippen LogP contribution >= 0.6 is 0 Å². The fourth-order valence-electron chi connectivity index (χ4n) is 0.715. The summed E-state index contributed by atoms with van der Waals surface area (Å²) < 4.78 is 4.74. The molecule has 0 bridgehead atoms. The summed E-state index contributed by atoms with van der Waals surface area (Å²) >= 11 is 0. The van der Waals surface area contributed by atoms with Gasteiger partial charge in [-0.1, -0.05) is 12.2 Å². The van der Waals surface area contributed by atoms with Gasteiger partial charge in [-0.2, -0.15) is 0 Å². The lowest BCUT2D eigenvalue weighted by molar-refractivity contribution is -0.143. The Bertz CT molecular complexity index is 128. The maximum atomic E-state index is 10.7. The van der Waals surface area contributed by atoms with Gasteiger partial charge in [-0.05, 0) is 26.7 Å². The molecule has 11 heavy (non-hydrogen) atoms. The summed E-state index contributed by atoms with van der Waals surface area (Å²) in [5, 5.41) is 0. The van der Waals surface area contributed by atoms with Crippen molar-refractivity contribution < 1.29 is 9.53 Å². The number of carbonyl (C=O) groups is 1. The van der Waals surface area contributed by atoms with Crippen molar-refractivity contribution in [2.75, 3.05) is 6.61 Å². The summed E-state index contributed by atoms with van der Waals surface area (Å²) in [7, 11) is 0. The van der Waals surface area contributed by atoms with E-state index in [9.17, 15) is 4.79 Å². The number of carbonyl (C=O) groups excluding carboxylic acids is 1. The molecule has 0 fully saturated rings. The van der Waals surface area contributed by atoms with Gasteiger partial charge in [0.05, 0.1) is 6.61 Å². The van der Waals surface area contributed by atoms with Gasteiger partial charge in [0, 0.05) is 6.42 Å². The van der Waals surface area contributed by atoms with Crippen LogP contribution < -0.4 is 0 Å². The average molecular weight is 155 g/mol. The molecule has 0 spiro atoms. The van der Waals surface area contributed by atoms with Crippen molar-refractivity contribution in [3.8, 4) is 0 Å². The molecule has 0 N–H and O–H groups in total. The predicted molar refractivity (Wildman–Crippen MR) is 45.0 cm³/mol. The Balaban J connectivity index is 3.17. The maximum absolute atomic E-state index is 10.7. The van der Waals surface area contributed by atoms with Gasteiger partial charge in [-0.15, -0.1) is 0 Å². The number of hydrogen-bond acceptors (Lipinski definition) is 2. The average Bonchev–Trinajstić information content (AvgIpc) is 1.99. The molecule has 0 unspecified atom stereocenters. The number of unbranched alkanes of at least 4 members (excludes halogenated alkanes) is 1. The Morgan fingerprint density at radius 2 is 2.36 bits per heavy atom. The van der Waals surface area contributed by atoms with E-state index >= 15 is 0 Å². The van der Waals surface area contributed by atoms with Crippen molar-refractivity contribution in [2.24, 2.45) is 0 Å². The van der Waals surface area contributed by atoms with Crippen LogP contribution in [-0.2, 0) is 9.53 Å². The molecule has 0 aromatic rings. The van der Waals surface area contributed by atoms with E-state index in [1.165, 1.54) is 0 Å². The van der Waals surface area contributed by atoms with Crippen molar-refractivity contribution in [3.63, 3.8) is 0 Å². The maximum Gasteiger partial charge on any atom is 0.305 e. The first-order valence-corrected chi connectivity index (χ1v) is 3.91. The van der Waals surface area contributed by atoms with E-state index in [1.807, 2.05) is 13.0 Å². The summed E-state index contributed by atoms with van der Waals surface area (Å²) in [4.78, 5) is 10.7. The molecule has 0 rings (SSSR count). The molecule has 63 valence electrons. The SMILES string of the molecule is [CH2]/C=C/CCCC(=O)OCC. The number of allylic oxidation sites excluding steroid dienone is 2. The molecule has 0 aliphatic heterocycles. The third kappa shape index (κ3) is 7.10. The normalized spacial score (nSPS) is 10.4. The van der Waals surface area contributed by atoms with Crippen LogP contribution in [0.4, 0.5) is 0 Å². The molecule has 0 heterocycles. The van der Waals surface area contributed by atoms with E-state index in [0.29, 0.717) is 13.0 Å². The molecule has 0 atom stereocenters. The molecule has 0 saturated carbocycles. The molecular weight excluding hydrogens is 140 g/mol. The van der Waals surface area contributed by atoms with E-state index in [-0.39, 0.29) is 5.97 Å². The Hall–Kier alpha value is -0.790. The number of esters is 1. The molecule has 0 aliphatic rings. The third-order valence-corrected chi connectivity index (χ3v) is 1.22. The Morgan fingerprint density at radius 1 is 1.64 bits per heavy atom. The fourth-order valence-corrected chi connectivity index (χ4v) is 0.715. The first-order valence-electron chi connectivity index (χ1n) is 3.91. The molecule has 2 nitrogen and oxygen atoms in total. The first-order chi connectivity index (χ1) is 5.31. The zero-order valence-corrected chi connectivity index (χ0v) is 7.01. The van der Waals surface area contributed by atoms with E-state index < -0.39 is 0 Å². The van der Waals surface area contributed by atoms with Crippen molar-refractivity contribution in [1.82, 2.24) is 0 Å². The lowest BCUT2D eigenvalue weighted by Crippen LogP contribution is -2.02. The number of ether oxygens (including phenoxy) is 1. The van der Waals surface area contributed by atoms with Gasteiger partial charge in [0.1, 0.15) is 0 Å². The van der Waals surface area contributed by atoms with Crippen LogP contribution in [0.1, 0.15) is 26.2 Å². The lowest BCUT2D eigenvalue weighted by atomic mass is 10.2. The van der Waals surface area contributed by atoms with Gasteiger partial charge in [-0.3, -0.25) is 4.79 Å². The van der Waals surface area contributed by atoms with Crippen LogP contribution in [0.2, 0.25) is 0 Å².